The second-order valence-electron chi connectivity index (χ2n) is 35.0. The molecule has 574 valence electrons. The molecule has 0 radical (unpaired) electrons. The topological polar surface area (TPSA) is 95.8 Å². The van der Waals surface area contributed by atoms with Crippen LogP contribution in [0.25, 0.3) is 146 Å². The van der Waals surface area contributed by atoms with Gasteiger partial charge in [-0.25, -0.2) is 19.9 Å². The predicted octanol–water partition coefficient (Wildman–Crippen LogP) is 26.6. The molecule has 21 rings (SSSR count). The zero-order valence-corrected chi connectivity index (χ0v) is 69.4. The van der Waals surface area contributed by atoms with Crippen LogP contribution in [-0.2, 0) is 31.0 Å². The molecule has 1 fully saturated rings. The van der Waals surface area contributed by atoms with Gasteiger partial charge in [-0.2, -0.15) is 9.97 Å². The maximum absolute atomic E-state index is 6.61. The summed E-state index contributed by atoms with van der Waals surface area (Å²) in [6.45, 7) is 27.2. The van der Waals surface area contributed by atoms with Crippen LogP contribution < -0.4 is 5.46 Å². The molecule has 118 heavy (non-hydrogen) atoms. The summed E-state index contributed by atoms with van der Waals surface area (Å²) in [6.07, 6.45) is 0. The van der Waals surface area contributed by atoms with Gasteiger partial charge < -0.3 is 9.31 Å². The molecule has 0 atom stereocenters. The minimum absolute atomic E-state index is 0.0608. The van der Waals surface area contributed by atoms with E-state index in [1.807, 2.05) is 97.1 Å². The second kappa shape index (κ2) is 28.9. The number of fused-ring (bicyclic) bond motifs is 12. The lowest BCUT2D eigenvalue weighted by atomic mass is 9.75. The van der Waals surface area contributed by atoms with Crippen LogP contribution in [0.4, 0.5) is 0 Å². The smallest absolute Gasteiger partial charge is 0.399 e. The molecule has 5 aliphatic rings. The van der Waals surface area contributed by atoms with E-state index in [1.165, 1.54) is 122 Å². The van der Waals surface area contributed by atoms with Crippen LogP contribution in [0.1, 0.15) is 128 Å². The molecule has 1 saturated heterocycles. The minimum atomic E-state index is -0.445. The monoisotopic (exact) mass is 1550 g/mol. The lowest BCUT2D eigenvalue weighted by Gasteiger charge is -2.32. The van der Waals surface area contributed by atoms with Gasteiger partial charge in [-0.15, -0.1) is 0 Å². The van der Waals surface area contributed by atoms with Crippen LogP contribution in [0.15, 0.2) is 328 Å². The molecule has 10 heteroatoms. The molecule has 0 bridgehead atoms. The largest absolute Gasteiger partial charge is 0.494 e. The highest BCUT2D eigenvalue weighted by molar-refractivity contribution is 6.62. The number of hydrogen-bond acceptors (Lipinski definition) is 8. The molecule has 0 spiro atoms. The molecule has 16 aromatic rings. The quantitative estimate of drug-likeness (QED) is 0.125. The number of nitrogens with zero attached hydrogens (tertiary/aromatic N) is 6. The van der Waals surface area contributed by atoms with E-state index in [9.17, 15) is 0 Å². The number of rotatable bonds is 10. The van der Waals surface area contributed by atoms with Crippen molar-refractivity contribution in [1.82, 2.24) is 29.9 Å². The zero-order chi connectivity index (χ0) is 81.2. The molecule has 0 saturated carbocycles. The third-order valence-corrected chi connectivity index (χ3v) is 25.9. The summed E-state index contributed by atoms with van der Waals surface area (Å²) in [5, 5.41) is 0.202. The van der Waals surface area contributed by atoms with Gasteiger partial charge in [0, 0.05) is 49.5 Å². The Morgan fingerprint density at radius 2 is 0.424 bits per heavy atom. The molecule has 0 unspecified atom stereocenters. The average molecular weight is 1550 g/mol. The lowest BCUT2D eigenvalue weighted by molar-refractivity contribution is 0.00578. The standard InChI is InChI=1S/C51H39N3.C42H41BO2.C15H10ClN3/c1-50(2)43-21-13-11-19-39(43)41-25-23-34(30-45(41)50)36-27-37(35-24-26-42-40-20-12-14-22-44(40)51(3,4)46(42)31-35)29-38(28-36)49-53-47(32-15-7-5-8-16-32)52-48(54-49)33-17-9-6-10-18-33;1-39(2)35-15-11-9-13-31(35)33-19-17-26(24-37(33)39)28-21-29(23-30(22-28)43-44-41(5,6)42(7,8)45-43)27-18-20-34-32-14-10-12-16-36(32)40(3,4)38(34)25-27;16-15-18-13(11-7-3-1-4-8-11)17-14(19-15)12-9-5-2-6-10-12/h5-31H,1-4H3;9-25H,1-8H3;1-10H. The first-order valence-corrected chi connectivity index (χ1v) is 41.3. The molecular formula is C108H90BClN6O2. The molecule has 0 N–H and O–H groups in total. The second-order valence-corrected chi connectivity index (χ2v) is 35.3. The molecule has 1 aliphatic heterocycles. The summed E-state index contributed by atoms with van der Waals surface area (Å²) in [5.41, 5.74) is 35.6. The molecule has 2 aromatic heterocycles. The fourth-order valence-electron chi connectivity index (χ4n) is 18.4. The van der Waals surface area contributed by atoms with Crippen LogP contribution in [0.3, 0.4) is 0 Å². The first kappa shape index (κ1) is 75.4. The Morgan fingerprint density at radius 1 is 0.203 bits per heavy atom. The Balaban J connectivity index is 0.000000130. The third-order valence-electron chi connectivity index (χ3n) is 25.7. The molecule has 14 aromatic carbocycles. The van der Waals surface area contributed by atoms with Crippen LogP contribution in [-0.4, -0.2) is 48.2 Å². The van der Waals surface area contributed by atoms with Crippen molar-refractivity contribution in [2.45, 2.75) is 116 Å². The molecule has 3 heterocycles. The molecular weight excluding hydrogens is 1460 g/mol. The highest BCUT2D eigenvalue weighted by Gasteiger charge is 2.52. The summed E-state index contributed by atoms with van der Waals surface area (Å²) in [6, 6.07) is 117. The first-order valence-electron chi connectivity index (χ1n) is 40.9. The minimum Gasteiger partial charge on any atom is -0.399 e. The van der Waals surface area contributed by atoms with Gasteiger partial charge in [0.05, 0.1) is 11.2 Å². The van der Waals surface area contributed by atoms with Crippen molar-refractivity contribution in [1.29, 1.82) is 0 Å². The highest BCUT2D eigenvalue weighted by Crippen LogP contribution is 2.55. The van der Waals surface area contributed by atoms with E-state index in [0.29, 0.717) is 29.1 Å². The third kappa shape index (κ3) is 13.2. The van der Waals surface area contributed by atoms with Gasteiger partial charge >= 0.3 is 7.12 Å². The van der Waals surface area contributed by atoms with Crippen molar-refractivity contribution in [2.75, 3.05) is 0 Å². The van der Waals surface area contributed by atoms with Crippen molar-refractivity contribution in [3.63, 3.8) is 0 Å². The summed E-state index contributed by atoms with van der Waals surface area (Å²) in [5.74, 6) is 3.12. The zero-order valence-electron chi connectivity index (χ0n) is 68.6. The van der Waals surface area contributed by atoms with Crippen molar-refractivity contribution in [3.8, 4) is 146 Å². The maximum Gasteiger partial charge on any atom is 0.494 e. The van der Waals surface area contributed by atoms with Crippen LogP contribution in [0.2, 0.25) is 5.28 Å². The van der Waals surface area contributed by atoms with E-state index in [0.717, 1.165) is 44.4 Å². The molecule has 4 aliphatic carbocycles. The molecule has 8 nitrogen and oxygen atoms in total. The van der Waals surface area contributed by atoms with Gasteiger partial charge in [0.15, 0.2) is 29.1 Å². The Kier molecular flexibility index (Phi) is 18.5. The van der Waals surface area contributed by atoms with Crippen LogP contribution >= 0.6 is 11.6 Å². The Labute approximate surface area is 698 Å². The Morgan fingerprint density at radius 3 is 0.703 bits per heavy atom. The predicted molar refractivity (Wildman–Crippen MR) is 486 cm³/mol. The van der Waals surface area contributed by atoms with Gasteiger partial charge in [-0.1, -0.05) is 334 Å². The van der Waals surface area contributed by atoms with Crippen LogP contribution in [0, 0.1) is 0 Å². The number of hydrogen-bond donors (Lipinski definition) is 0. The van der Waals surface area contributed by atoms with Crippen molar-refractivity contribution in [2.24, 2.45) is 0 Å². The van der Waals surface area contributed by atoms with Crippen molar-refractivity contribution >= 4 is 24.2 Å². The van der Waals surface area contributed by atoms with E-state index in [1.54, 1.807) is 0 Å². The number of halogens is 1. The van der Waals surface area contributed by atoms with Gasteiger partial charge in [-0.05, 0) is 227 Å². The average Bonchev–Trinajstić information content (AvgIpc) is 1.59. The Hall–Kier alpha value is -12.6. The van der Waals surface area contributed by atoms with E-state index in [4.69, 9.17) is 35.9 Å². The number of benzene rings is 14. The highest BCUT2D eigenvalue weighted by atomic mass is 35.5. The summed E-state index contributed by atoms with van der Waals surface area (Å²) >= 11 is 5.99. The van der Waals surface area contributed by atoms with E-state index in [2.05, 4.69) is 329 Å². The van der Waals surface area contributed by atoms with E-state index >= 15 is 0 Å². The van der Waals surface area contributed by atoms with Gasteiger partial charge in [0.2, 0.25) is 5.28 Å². The van der Waals surface area contributed by atoms with E-state index in [-0.39, 0.29) is 26.9 Å². The fourth-order valence-corrected chi connectivity index (χ4v) is 18.6. The lowest BCUT2D eigenvalue weighted by Crippen LogP contribution is -2.41. The normalized spacial score (nSPS) is 15.5. The Bertz CT molecular complexity index is 6270. The van der Waals surface area contributed by atoms with E-state index < -0.39 is 18.3 Å². The fraction of sp³-hybridized carbons (Fsp3) is 0.167. The summed E-state index contributed by atoms with van der Waals surface area (Å²) in [7, 11) is -0.445. The first-order chi connectivity index (χ1) is 56.9. The molecule has 0 amide bonds. The summed E-state index contributed by atoms with van der Waals surface area (Å²) < 4.78 is 13.2. The SMILES string of the molecule is CC1(C)c2ccccc2-c2ccc(-c3cc(-c4ccc5c(c4)C(C)(C)c4ccccc4-5)cc(-c4nc(-c5ccccc5)nc(-c5ccccc5)n4)c3)cc21.CC1(C)c2ccccc2-c2ccc(-c3cc(B4OC(C)(C)C(C)(C)O4)cc(-c4ccc5c(c4)C(C)(C)c4ccccc4-5)c3)cc21.Clc1nc(-c2ccccc2)nc(-c2ccccc2)n1. The van der Waals surface area contributed by atoms with Gasteiger partial charge in [-0.3, -0.25) is 0 Å². The summed E-state index contributed by atoms with van der Waals surface area (Å²) in [4.78, 5) is 28.1. The van der Waals surface area contributed by atoms with Crippen molar-refractivity contribution in [3.05, 3.63) is 377 Å². The maximum atomic E-state index is 6.61. The number of aromatic nitrogens is 6. The van der Waals surface area contributed by atoms with Gasteiger partial charge in [0.25, 0.3) is 0 Å². The van der Waals surface area contributed by atoms with Crippen LogP contribution in [0.5, 0.6) is 0 Å². The van der Waals surface area contributed by atoms with Gasteiger partial charge in [0.1, 0.15) is 0 Å². The van der Waals surface area contributed by atoms with Crippen molar-refractivity contribution < 1.29 is 9.31 Å².